The Hall–Kier alpha value is -0.930. The second-order valence-electron chi connectivity index (χ2n) is 2.96. The summed E-state index contributed by atoms with van der Waals surface area (Å²) in [5.41, 5.74) is 7.50. The third-order valence-electron chi connectivity index (χ3n) is 2.10. The second kappa shape index (κ2) is 3.67. The normalized spacial score (nSPS) is 10.7. The summed E-state index contributed by atoms with van der Waals surface area (Å²) in [6.45, 7) is 0. The van der Waals surface area contributed by atoms with Gasteiger partial charge in [0.05, 0.1) is 13.0 Å². The van der Waals surface area contributed by atoms with Gasteiger partial charge in [-0.1, -0.05) is 11.3 Å². The Morgan fingerprint density at radius 1 is 1.50 bits per heavy atom. The van der Waals surface area contributed by atoms with Gasteiger partial charge in [-0.15, -0.1) is 11.6 Å². The van der Waals surface area contributed by atoms with Gasteiger partial charge in [-0.05, 0) is 18.2 Å². The van der Waals surface area contributed by atoms with Crippen LogP contribution in [0.15, 0.2) is 18.2 Å². The van der Waals surface area contributed by atoms with Gasteiger partial charge in [-0.3, -0.25) is 0 Å². The molecular weight excluding hydrogens is 218 g/mol. The summed E-state index contributed by atoms with van der Waals surface area (Å²) >= 11 is 7.46. The first kappa shape index (κ1) is 9.62. The van der Waals surface area contributed by atoms with E-state index in [9.17, 15) is 0 Å². The number of nitrogen functional groups attached to an aromatic ring is 1. The molecule has 14 heavy (non-hydrogen) atoms. The fourth-order valence-electron chi connectivity index (χ4n) is 1.44. The SMILES string of the molecule is COc1sc2ccc(N)cc2c1CCl. The highest BCUT2D eigenvalue weighted by Gasteiger charge is 2.11. The van der Waals surface area contributed by atoms with Crippen LogP contribution in [0.1, 0.15) is 5.56 Å². The number of thiophene rings is 1. The summed E-state index contributed by atoms with van der Waals surface area (Å²) in [5, 5.41) is 1.97. The Morgan fingerprint density at radius 3 is 2.93 bits per heavy atom. The Balaban J connectivity index is 2.74. The molecule has 1 aromatic carbocycles. The van der Waals surface area contributed by atoms with Crippen LogP contribution in [0, 0.1) is 0 Å². The lowest BCUT2D eigenvalue weighted by Gasteiger charge is -1.98. The van der Waals surface area contributed by atoms with Crippen molar-refractivity contribution in [1.82, 2.24) is 0 Å². The van der Waals surface area contributed by atoms with Crippen LogP contribution in [0.5, 0.6) is 5.06 Å². The highest BCUT2D eigenvalue weighted by molar-refractivity contribution is 7.21. The number of nitrogens with two attached hydrogens (primary N) is 1. The number of halogens is 1. The third kappa shape index (κ3) is 1.42. The van der Waals surface area contributed by atoms with E-state index in [0.29, 0.717) is 5.88 Å². The van der Waals surface area contributed by atoms with Crippen molar-refractivity contribution < 1.29 is 4.74 Å². The summed E-state index contributed by atoms with van der Waals surface area (Å²) in [6.07, 6.45) is 0. The molecule has 0 atom stereocenters. The van der Waals surface area contributed by atoms with Gasteiger partial charge in [0.25, 0.3) is 0 Å². The van der Waals surface area contributed by atoms with E-state index in [1.54, 1.807) is 18.4 Å². The lowest BCUT2D eigenvalue weighted by Crippen LogP contribution is -1.85. The Labute approximate surface area is 91.2 Å². The molecule has 0 saturated heterocycles. The zero-order chi connectivity index (χ0) is 10.1. The van der Waals surface area contributed by atoms with E-state index in [-0.39, 0.29) is 0 Å². The van der Waals surface area contributed by atoms with Crippen LogP contribution in [-0.4, -0.2) is 7.11 Å². The van der Waals surface area contributed by atoms with E-state index >= 15 is 0 Å². The van der Waals surface area contributed by atoms with Gasteiger partial charge in [-0.2, -0.15) is 0 Å². The van der Waals surface area contributed by atoms with Gasteiger partial charge >= 0.3 is 0 Å². The number of methoxy groups -OCH3 is 1. The third-order valence-corrected chi connectivity index (χ3v) is 3.54. The van der Waals surface area contributed by atoms with Gasteiger partial charge in [0.2, 0.25) is 0 Å². The molecule has 4 heteroatoms. The minimum Gasteiger partial charge on any atom is -0.487 e. The Bertz CT molecular complexity index is 466. The first-order chi connectivity index (χ1) is 6.76. The molecule has 1 aromatic heterocycles. The van der Waals surface area contributed by atoms with E-state index < -0.39 is 0 Å². The predicted octanol–water partition coefficient (Wildman–Crippen LogP) is 3.23. The van der Waals surface area contributed by atoms with Crippen molar-refractivity contribution in [3.63, 3.8) is 0 Å². The maximum Gasteiger partial charge on any atom is 0.179 e. The van der Waals surface area contributed by atoms with E-state index in [0.717, 1.165) is 26.4 Å². The number of alkyl halides is 1. The average Bonchev–Trinajstić information content (AvgIpc) is 2.54. The lowest BCUT2D eigenvalue weighted by atomic mass is 10.2. The first-order valence-electron chi connectivity index (χ1n) is 4.17. The van der Waals surface area contributed by atoms with Crippen LogP contribution in [0.3, 0.4) is 0 Å². The van der Waals surface area contributed by atoms with E-state index in [1.807, 2.05) is 18.2 Å². The van der Waals surface area contributed by atoms with Crippen LogP contribution < -0.4 is 10.5 Å². The molecule has 0 aliphatic heterocycles. The van der Waals surface area contributed by atoms with Crippen molar-refractivity contribution in [2.24, 2.45) is 0 Å². The topological polar surface area (TPSA) is 35.2 Å². The maximum absolute atomic E-state index is 5.87. The number of hydrogen-bond acceptors (Lipinski definition) is 3. The average molecular weight is 228 g/mol. The quantitative estimate of drug-likeness (QED) is 0.632. The highest BCUT2D eigenvalue weighted by Crippen LogP contribution is 2.39. The van der Waals surface area contributed by atoms with Crippen molar-refractivity contribution in [2.75, 3.05) is 12.8 Å². The van der Waals surface area contributed by atoms with E-state index in [1.165, 1.54) is 0 Å². The molecule has 2 N–H and O–H groups in total. The smallest absolute Gasteiger partial charge is 0.179 e. The predicted molar refractivity (Wildman–Crippen MR) is 62.3 cm³/mol. The monoisotopic (exact) mass is 227 g/mol. The van der Waals surface area contributed by atoms with Gasteiger partial charge < -0.3 is 10.5 Å². The molecule has 0 saturated carbocycles. The van der Waals surface area contributed by atoms with Gasteiger partial charge in [0.1, 0.15) is 0 Å². The van der Waals surface area contributed by atoms with Gasteiger partial charge in [-0.25, -0.2) is 0 Å². The van der Waals surface area contributed by atoms with Crippen molar-refractivity contribution in [1.29, 1.82) is 0 Å². The number of fused-ring (bicyclic) bond motifs is 1. The molecule has 0 unspecified atom stereocenters. The maximum atomic E-state index is 5.87. The number of hydrogen-bond donors (Lipinski definition) is 1. The minimum atomic E-state index is 0.451. The number of benzene rings is 1. The van der Waals surface area contributed by atoms with Crippen molar-refractivity contribution in [3.8, 4) is 5.06 Å². The number of rotatable bonds is 2. The standard InChI is InChI=1S/C10H10ClNOS/c1-13-10-8(5-11)7-4-6(12)2-3-9(7)14-10/h2-4H,5,12H2,1H3. The summed E-state index contributed by atoms with van der Waals surface area (Å²) in [6, 6.07) is 5.82. The Kier molecular flexibility index (Phi) is 2.52. The van der Waals surface area contributed by atoms with Crippen molar-refractivity contribution in [3.05, 3.63) is 23.8 Å². The minimum absolute atomic E-state index is 0.451. The molecule has 0 radical (unpaired) electrons. The number of anilines is 1. The van der Waals surface area contributed by atoms with Crippen LogP contribution in [0.4, 0.5) is 5.69 Å². The molecule has 0 aliphatic carbocycles. The summed E-state index contributed by atoms with van der Waals surface area (Å²) in [4.78, 5) is 0. The fourth-order valence-corrected chi connectivity index (χ4v) is 2.80. The second-order valence-corrected chi connectivity index (χ2v) is 4.24. The Morgan fingerprint density at radius 2 is 2.29 bits per heavy atom. The molecule has 74 valence electrons. The lowest BCUT2D eigenvalue weighted by molar-refractivity contribution is 0.424. The van der Waals surface area contributed by atoms with Crippen molar-refractivity contribution in [2.45, 2.75) is 5.88 Å². The van der Waals surface area contributed by atoms with E-state index in [4.69, 9.17) is 22.1 Å². The van der Waals surface area contributed by atoms with Crippen LogP contribution in [0.2, 0.25) is 0 Å². The molecule has 2 rings (SSSR count). The molecule has 0 spiro atoms. The summed E-state index contributed by atoms with van der Waals surface area (Å²) in [7, 11) is 1.66. The van der Waals surface area contributed by atoms with E-state index in [2.05, 4.69) is 0 Å². The largest absolute Gasteiger partial charge is 0.487 e. The number of ether oxygens (including phenoxy) is 1. The first-order valence-corrected chi connectivity index (χ1v) is 5.52. The van der Waals surface area contributed by atoms with Gasteiger partial charge in [0, 0.05) is 21.3 Å². The molecular formula is C10H10ClNOS. The van der Waals surface area contributed by atoms with Crippen molar-refractivity contribution >= 4 is 38.7 Å². The zero-order valence-corrected chi connectivity index (χ0v) is 9.28. The molecule has 0 aliphatic rings. The molecule has 0 bridgehead atoms. The molecule has 2 aromatic rings. The van der Waals surface area contributed by atoms with Gasteiger partial charge in [0.15, 0.2) is 5.06 Å². The fraction of sp³-hybridized carbons (Fsp3) is 0.200. The summed E-state index contributed by atoms with van der Waals surface area (Å²) < 4.78 is 6.41. The summed E-state index contributed by atoms with van der Waals surface area (Å²) in [5.74, 6) is 0.451. The zero-order valence-electron chi connectivity index (χ0n) is 7.71. The molecule has 1 heterocycles. The highest BCUT2D eigenvalue weighted by atomic mass is 35.5. The van der Waals surface area contributed by atoms with Crippen LogP contribution >= 0.6 is 22.9 Å². The van der Waals surface area contributed by atoms with Crippen LogP contribution in [-0.2, 0) is 5.88 Å². The van der Waals surface area contributed by atoms with Crippen LogP contribution in [0.25, 0.3) is 10.1 Å². The molecule has 2 nitrogen and oxygen atoms in total. The molecule has 0 fully saturated rings. The molecule has 0 amide bonds.